The maximum Gasteiger partial charge on any atom is 0.331 e. The molecule has 0 fully saturated rings. The van der Waals surface area contributed by atoms with Crippen molar-refractivity contribution < 1.29 is 23.5 Å². The largest absolute Gasteiger partial charge is 0.493 e. The standard InChI is InChI=1S/C22H22N2O5/c1-15(2)28-18-11-9-16(13-19(18)26-3)10-12-21(25)27-14-20-23-22(24-29-20)17-7-5-4-6-8-17/h4-13,15H,14H2,1-3H3/b12-10+. The summed E-state index contributed by atoms with van der Waals surface area (Å²) >= 11 is 0. The quantitative estimate of drug-likeness (QED) is 0.416. The van der Waals surface area contributed by atoms with Crippen molar-refractivity contribution in [3.8, 4) is 22.9 Å². The molecule has 3 aromatic rings. The van der Waals surface area contributed by atoms with Crippen LogP contribution in [0, 0.1) is 0 Å². The Kier molecular flexibility index (Phi) is 6.63. The molecule has 0 spiro atoms. The molecule has 0 saturated heterocycles. The van der Waals surface area contributed by atoms with Gasteiger partial charge in [0.2, 0.25) is 5.82 Å². The molecular weight excluding hydrogens is 372 g/mol. The summed E-state index contributed by atoms with van der Waals surface area (Å²) in [4.78, 5) is 16.2. The number of methoxy groups -OCH3 is 1. The topological polar surface area (TPSA) is 83.7 Å². The van der Waals surface area contributed by atoms with Crippen LogP contribution in [-0.2, 0) is 16.1 Å². The van der Waals surface area contributed by atoms with Crippen LogP contribution in [-0.4, -0.2) is 29.3 Å². The molecule has 29 heavy (non-hydrogen) atoms. The molecule has 0 N–H and O–H groups in total. The smallest absolute Gasteiger partial charge is 0.331 e. The highest BCUT2D eigenvalue weighted by Gasteiger charge is 2.10. The van der Waals surface area contributed by atoms with Crippen LogP contribution >= 0.6 is 0 Å². The Morgan fingerprint density at radius 2 is 1.93 bits per heavy atom. The minimum Gasteiger partial charge on any atom is -0.493 e. The minimum atomic E-state index is -0.522. The molecular formula is C22H22N2O5. The van der Waals surface area contributed by atoms with Gasteiger partial charge in [0.25, 0.3) is 5.89 Å². The predicted octanol–water partition coefficient (Wildman–Crippen LogP) is 4.29. The van der Waals surface area contributed by atoms with Crippen LogP contribution in [0.4, 0.5) is 0 Å². The highest BCUT2D eigenvalue weighted by Crippen LogP contribution is 2.29. The second-order valence-corrected chi connectivity index (χ2v) is 6.40. The molecule has 0 bridgehead atoms. The van der Waals surface area contributed by atoms with E-state index in [4.69, 9.17) is 18.7 Å². The molecule has 0 amide bonds. The first-order valence-electron chi connectivity index (χ1n) is 9.12. The van der Waals surface area contributed by atoms with E-state index in [-0.39, 0.29) is 18.6 Å². The Labute approximate surface area is 168 Å². The van der Waals surface area contributed by atoms with Crippen molar-refractivity contribution in [2.75, 3.05) is 7.11 Å². The van der Waals surface area contributed by atoms with E-state index in [1.165, 1.54) is 6.08 Å². The number of carbonyl (C=O) groups is 1. The number of rotatable bonds is 8. The zero-order chi connectivity index (χ0) is 20.6. The Bertz CT molecular complexity index is 980. The average molecular weight is 394 g/mol. The predicted molar refractivity (Wildman–Crippen MR) is 107 cm³/mol. The first kappa shape index (κ1) is 20.1. The normalized spacial score (nSPS) is 11.0. The molecule has 0 aliphatic heterocycles. The Balaban J connectivity index is 1.57. The summed E-state index contributed by atoms with van der Waals surface area (Å²) < 4.78 is 21.3. The molecule has 0 saturated carbocycles. The molecule has 150 valence electrons. The second kappa shape index (κ2) is 9.54. The van der Waals surface area contributed by atoms with Crippen molar-refractivity contribution in [3.05, 3.63) is 66.1 Å². The number of aromatic nitrogens is 2. The van der Waals surface area contributed by atoms with Gasteiger partial charge in [-0.3, -0.25) is 0 Å². The van der Waals surface area contributed by atoms with Gasteiger partial charge in [-0.05, 0) is 37.6 Å². The lowest BCUT2D eigenvalue weighted by molar-refractivity contribution is -0.139. The Morgan fingerprint density at radius 3 is 2.66 bits per heavy atom. The third-order valence-electron chi connectivity index (χ3n) is 3.80. The van der Waals surface area contributed by atoms with Crippen LogP contribution in [0.2, 0.25) is 0 Å². The van der Waals surface area contributed by atoms with Gasteiger partial charge >= 0.3 is 5.97 Å². The summed E-state index contributed by atoms with van der Waals surface area (Å²) in [5, 5.41) is 3.88. The van der Waals surface area contributed by atoms with E-state index < -0.39 is 5.97 Å². The monoisotopic (exact) mass is 394 g/mol. The van der Waals surface area contributed by atoms with Crippen LogP contribution in [0.1, 0.15) is 25.3 Å². The summed E-state index contributed by atoms with van der Waals surface area (Å²) in [7, 11) is 1.57. The van der Waals surface area contributed by atoms with E-state index in [2.05, 4.69) is 10.1 Å². The van der Waals surface area contributed by atoms with Crippen LogP contribution in [0.15, 0.2) is 59.1 Å². The Morgan fingerprint density at radius 1 is 1.14 bits per heavy atom. The summed E-state index contributed by atoms with van der Waals surface area (Å²) in [6.07, 6.45) is 2.99. The van der Waals surface area contributed by atoms with E-state index in [9.17, 15) is 4.79 Å². The third kappa shape index (κ3) is 5.68. The number of benzene rings is 2. The highest BCUT2D eigenvalue weighted by molar-refractivity contribution is 5.87. The van der Waals surface area contributed by atoms with Crippen molar-refractivity contribution in [2.24, 2.45) is 0 Å². The van der Waals surface area contributed by atoms with Crippen LogP contribution in [0.5, 0.6) is 11.5 Å². The van der Waals surface area contributed by atoms with Crippen molar-refractivity contribution in [3.63, 3.8) is 0 Å². The SMILES string of the molecule is COc1cc(/C=C/C(=O)OCc2nc(-c3ccccc3)no2)ccc1OC(C)C. The maximum absolute atomic E-state index is 12.0. The summed E-state index contributed by atoms with van der Waals surface area (Å²) in [6.45, 7) is 3.78. The van der Waals surface area contributed by atoms with E-state index in [1.807, 2.05) is 50.2 Å². The van der Waals surface area contributed by atoms with Gasteiger partial charge in [-0.15, -0.1) is 0 Å². The summed E-state index contributed by atoms with van der Waals surface area (Å²) in [5.41, 5.74) is 1.60. The minimum absolute atomic E-state index is 0.0346. The number of nitrogens with zero attached hydrogens (tertiary/aromatic N) is 2. The molecule has 7 heteroatoms. The summed E-state index contributed by atoms with van der Waals surface area (Å²) in [5.74, 6) is 1.39. The molecule has 0 aliphatic carbocycles. The van der Waals surface area contributed by atoms with Crippen molar-refractivity contribution in [1.82, 2.24) is 10.1 Å². The van der Waals surface area contributed by atoms with Crippen molar-refractivity contribution in [2.45, 2.75) is 26.6 Å². The van der Waals surface area contributed by atoms with Crippen molar-refractivity contribution >= 4 is 12.0 Å². The average Bonchev–Trinajstić information content (AvgIpc) is 3.21. The molecule has 0 aliphatic rings. The van der Waals surface area contributed by atoms with E-state index in [0.29, 0.717) is 17.3 Å². The van der Waals surface area contributed by atoms with Crippen LogP contribution in [0.3, 0.4) is 0 Å². The number of esters is 1. The zero-order valence-corrected chi connectivity index (χ0v) is 16.5. The van der Waals surface area contributed by atoms with Crippen molar-refractivity contribution in [1.29, 1.82) is 0 Å². The number of hydrogen-bond donors (Lipinski definition) is 0. The summed E-state index contributed by atoms with van der Waals surface area (Å²) in [6, 6.07) is 14.8. The van der Waals surface area contributed by atoms with Gasteiger partial charge in [0.15, 0.2) is 18.1 Å². The fourth-order valence-corrected chi connectivity index (χ4v) is 2.50. The highest BCUT2D eigenvalue weighted by atomic mass is 16.6. The molecule has 1 heterocycles. The Hall–Kier alpha value is -3.61. The lowest BCUT2D eigenvalue weighted by Gasteiger charge is -2.13. The fraction of sp³-hybridized carbons (Fsp3) is 0.227. The number of hydrogen-bond acceptors (Lipinski definition) is 7. The zero-order valence-electron chi connectivity index (χ0n) is 16.5. The van der Waals surface area contributed by atoms with Gasteiger partial charge in [0.1, 0.15) is 0 Å². The van der Waals surface area contributed by atoms with Gasteiger partial charge in [-0.2, -0.15) is 4.98 Å². The van der Waals surface area contributed by atoms with Crippen LogP contribution < -0.4 is 9.47 Å². The molecule has 0 atom stereocenters. The van der Waals surface area contributed by atoms with Gasteiger partial charge in [-0.25, -0.2) is 4.79 Å². The van der Waals surface area contributed by atoms with Crippen LogP contribution in [0.25, 0.3) is 17.5 Å². The second-order valence-electron chi connectivity index (χ2n) is 6.40. The maximum atomic E-state index is 12.0. The lowest BCUT2D eigenvalue weighted by atomic mass is 10.2. The van der Waals surface area contributed by atoms with Gasteiger partial charge in [0, 0.05) is 11.6 Å². The molecule has 1 aromatic heterocycles. The first-order chi connectivity index (χ1) is 14.0. The van der Waals surface area contributed by atoms with E-state index >= 15 is 0 Å². The molecule has 0 radical (unpaired) electrons. The van der Waals surface area contributed by atoms with E-state index in [1.54, 1.807) is 25.3 Å². The third-order valence-corrected chi connectivity index (χ3v) is 3.80. The first-order valence-corrected chi connectivity index (χ1v) is 9.12. The molecule has 3 rings (SSSR count). The van der Waals surface area contributed by atoms with E-state index in [0.717, 1.165) is 11.1 Å². The number of carbonyl (C=O) groups excluding carboxylic acids is 1. The lowest BCUT2D eigenvalue weighted by Crippen LogP contribution is -2.06. The van der Waals surface area contributed by atoms with Gasteiger partial charge in [0.05, 0.1) is 13.2 Å². The van der Waals surface area contributed by atoms with Gasteiger partial charge in [-0.1, -0.05) is 41.6 Å². The fourth-order valence-electron chi connectivity index (χ4n) is 2.50. The number of ether oxygens (including phenoxy) is 3. The molecule has 2 aromatic carbocycles. The van der Waals surface area contributed by atoms with Gasteiger partial charge < -0.3 is 18.7 Å². The molecule has 0 unspecified atom stereocenters. The molecule has 7 nitrogen and oxygen atoms in total.